The highest BCUT2D eigenvalue weighted by Gasteiger charge is 2.09. The van der Waals surface area contributed by atoms with E-state index in [1.165, 1.54) is 0 Å². The first-order valence-corrected chi connectivity index (χ1v) is 7.03. The minimum Gasteiger partial charge on any atom is -0.492 e. The van der Waals surface area contributed by atoms with Crippen LogP contribution in [0.15, 0.2) is 24.3 Å². The maximum absolute atomic E-state index is 11.5. The van der Waals surface area contributed by atoms with E-state index in [4.69, 9.17) is 16.3 Å². The van der Waals surface area contributed by atoms with Crippen LogP contribution in [0.5, 0.6) is 5.75 Å². The average Bonchev–Trinajstić information content (AvgIpc) is 2.38. The highest BCUT2D eigenvalue weighted by Crippen LogP contribution is 2.16. The third-order valence-corrected chi connectivity index (χ3v) is 2.78. The Morgan fingerprint density at radius 1 is 1.38 bits per heavy atom. The van der Waals surface area contributed by atoms with Crippen molar-refractivity contribution in [3.05, 3.63) is 29.3 Å². The molecule has 0 saturated heterocycles. The first-order valence-electron chi connectivity index (χ1n) is 6.66. The molecule has 21 heavy (non-hydrogen) atoms. The number of hydrogen-bond acceptors (Lipinski definition) is 4. The highest BCUT2D eigenvalue weighted by molar-refractivity contribution is 6.30. The molecule has 0 aromatic heterocycles. The zero-order valence-electron chi connectivity index (χ0n) is 12.2. The van der Waals surface area contributed by atoms with Gasteiger partial charge in [-0.1, -0.05) is 17.7 Å². The van der Waals surface area contributed by atoms with E-state index < -0.39 is 6.03 Å². The molecule has 1 aromatic carbocycles. The molecule has 0 spiro atoms. The molecule has 0 bridgehead atoms. The molecule has 0 heterocycles. The van der Waals surface area contributed by atoms with E-state index in [9.17, 15) is 9.59 Å². The Bertz CT molecular complexity index is 482. The molecular formula is C14H20ClN3O3. The maximum Gasteiger partial charge on any atom is 0.321 e. The third-order valence-electron chi connectivity index (χ3n) is 2.54. The summed E-state index contributed by atoms with van der Waals surface area (Å²) >= 11 is 5.85. The van der Waals surface area contributed by atoms with Crippen molar-refractivity contribution in [2.45, 2.75) is 6.92 Å². The van der Waals surface area contributed by atoms with Crippen molar-refractivity contribution in [2.24, 2.45) is 0 Å². The number of nitrogens with one attached hydrogen (secondary N) is 2. The zero-order chi connectivity index (χ0) is 15.7. The van der Waals surface area contributed by atoms with Crippen molar-refractivity contribution >= 4 is 23.5 Å². The Kier molecular flexibility index (Phi) is 7.56. The molecule has 0 radical (unpaired) electrons. The van der Waals surface area contributed by atoms with Gasteiger partial charge in [-0.3, -0.25) is 15.0 Å². The summed E-state index contributed by atoms with van der Waals surface area (Å²) in [6.07, 6.45) is 0. The average molecular weight is 314 g/mol. The van der Waals surface area contributed by atoms with Crippen molar-refractivity contribution in [3.63, 3.8) is 0 Å². The number of hydrogen-bond donors (Lipinski definition) is 2. The Morgan fingerprint density at radius 3 is 2.81 bits per heavy atom. The predicted octanol–water partition coefficient (Wildman–Crippen LogP) is 1.50. The second-order valence-electron chi connectivity index (χ2n) is 4.45. The van der Waals surface area contributed by atoms with Gasteiger partial charge in [-0.2, -0.15) is 0 Å². The van der Waals surface area contributed by atoms with Crippen LogP contribution in [0.3, 0.4) is 0 Å². The fraction of sp³-hybridized carbons (Fsp3) is 0.429. The van der Waals surface area contributed by atoms with Crippen LogP contribution in [0.4, 0.5) is 4.79 Å². The lowest BCUT2D eigenvalue weighted by atomic mass is 10.3. The molecule has 0 saturated carbocycles. The fourth-order valence-electron chi connectivity index (χ4n) is 1.57. The summed E-state index contributed by atoms with van der Waals surface area (Å²) in [6, 6.07) is 6.64. The number of urea groups is 1. The van der Waals surface area contributed by atoms with Crippen LogP contribution in [0.25, 0.3) is 0 Å². The van der Waals surface area contributed by atoms with Gasteiger partial charge < -0.3 is 10.1 Å². The maximum atomic E-state index is 11.5. The summed E-state index contributed by atoms with van der Waals surface area (Å²) in [5, 5.41) is 5.34. The summed E-state index contributed by atoms with van der Waals surface area (Å²) in [6.45, 7) is 3.35. The number of amides is 3. The Hall–Kier alpha value is -1.79. The number of carbonyl (C=O) groups is 2. The Morgan fingerprint density at radius 2 is 2.14 bits per heavy atom. The number of likely N-dealkylation sites (N-methyl/N-ethyl adjacent to an activating group) is 1. The van der Waals surface area contributed by atoms with Crippen LogP contribution in [0, 0.1) is 0 Å². The molecular weight excluding hydrogens is 294 g/mol. The summed E-state index contributed by atoms with van der Waals surface area (Å²) in [5.41, 5.74) is 0. The largest absolute Gasteiger partial charge is 0.492 e. The second kappa shape index (κ2) is 9.20. The first-order chi connectivity index (χ1) is 10.0. The van der Waals surface area contributed by atoms with Gasteiger partial charge in [0.15, 0.2) is 0 Å². The minimum absolute atomic E-state index is 0.121. The van der Waals surface area contributed by atoms with E-state index in [2.05, 4.69) is 10.6 Å². The molecule has 2 N–H and O–H groups in total. The lowest BCUT2D eigenvalue weighted by molar-refractivity contribution is -0.120. The fourth-order valence-corrected chi connectivity index (χ4v) is 1.75. The van der Waals surface area contributed by atoms with Gasteiger partial charge in [0.05, 0.1) is 6.54 Å². The molecule has 1 rings (SSSR count). The lowest BCUT2D eigenvalue weighted by Crippen LogP contribution is -2.44. The molecule has 7 heteroatoms. The smallest absolute Gasteiger partial charge is 0.321 e. The van der Waals surface area contributed by atoms with Gasteiger partial charge in [0, 0.05) is 18.1 Å². The normalized spacial score (nSPS) is 10.3. The van der Waals surface area contributed by atoms with E-state index in [1.54, 1.807) is 37.1 Å². The number of carbonyl (C=O) groups excluding carboxylic acids is 2. The summed E-state index contributed by atoms with van der Waals surface area (Å²) in [7, 11) is 1.78. The number of benzene rings is 1. The second-order valence-corrected chi connectivity index (χ2v) is 4.89. The van der Waals surface area contributed by atoms with Gasteiger partial charge >= 0.3 is 6.03 Å². The number of nitrogens with zero attached hydrogens (tertiary/aromatic N) is 1. The number of halogens is 1. The van der Waals surface area contributed by atoms with Crippen LogP contribution in [0.1, 0.15) is 6.92 Å². The van der Waals surface area contributed by atoms with E-state index in [1.807, 2.05) is 6.07 Å². The number of rotatable bonds is 7. The third kappa shape index (κ3) is 7.53. The van der Waals surface area contributed by atoms with Crippen LogP contribution >= 0.6 is 11.6 Å². The van der Waals surface area contributed by atoms with E-state index in [0.717, 1.165) is 0 Å². The summed E-state index contributed by atoms with van der Waals surface area (Å²) in [5.74, 6) is 0.328. The summed E-state index contributed by atoms with van der Waals surface area (Å²) < 4.78 is 5.52. The summed E-state index contributed by atoms with van der Waals surface area (Å²) in [4.78, 5) is 24.5. The topological polar surface area (TPSA) is 70.7 Å². The standard InChI is InChI=1S/C14H20ClN3O3/c1-3-16-14(20)17-13(19)10-18(2)7-8-21-12-6-4-5-11(15)9-12/h4-6,9H,3,7-8,10H2,1-2H3,(H2,16,17,19,20). The van der Waals surface area contributed by atoms with Gasteiger partial charge in [-0.25, -0.2) is 4.79 Å². The molecule has 1 aromatic rings. The van der Waals surface area contributed by atoms with E-state index in [-0.39, 0.29) is 12.5 Å². The van der Waals surface area contributed by atoms with Crippen molar-refractivity contribution < 1.29 is 14.3 Å². The molecule has 6 nitrogen and oxygen atoms in total. The molecule has 3 amide bonds. The first kappa shape index (κ1) is 17.3. The van der Waals surface area contributed by atoms with Crippen molar-refractivity contribution in [1.29, 1.82) is 0 Å². The molecule has 116 valence electrons. The van der Waals surface area contributed by atoms with Crippen LogP contribution < -0.4 is 15.4 Å². The quantitative estimate of drug-likeness (QED) is 0.800. The van der Waals surface area contributed by atoms with Crippen LogP contribution in [0.2, 0.25) is 5.02 Å². The van der Waals surface area contributed by atoms with Crippen molar-refractivity contribution in [3.8, 4) is 5.75 Å². The van der Waals surface area contributed by atoms with Gasteiger partial charge in [-0.15, -0.1) is 0 Å². The Balaban J connectivity index is 2.23. The number of ether oxygens (including phenoxy) is 1. The van der Waals surface area contributed by atoms with E-state index >= 15 is 0 Å². The van der Waals surface area contributed by atoms with Crippen molar-refractivity contribution in [2.75, 3.05) is 33.3 Å². The van der Waals surface area contributed by atoms with Gasteiger partial charge in [0.25, 0.3) is 0 Å². The molecule has 0 aliphatic carbocycles. The van der Waals surface area contributed by atoms with Crippen LogP contribution in [-0.2, 0) is 4.79 Å². The lowest BCUT2D eigenvalue weighted by Gasteiger charge is -2.16. The SMILES string of the molecule is CCNC(=O)NC(=O)CN(C)CCOc1cccc(Cl)c1. The molecule has 0 fully saturated rings. The minimum atomic E-state index is -0.480. The highest BCUT2D eigenvalue weighted by atomic mass is 35.5. The molecule has 0 unspecified atom stereocenters. The zero-order valence-corrected chi connectivity index (χ0v) is 12.9. The predicted molar refractivity (Wildman–Crippen MR) is 81.7 cm³/mol. The molecule has 0 aliphatic rings. The van der Waals surface area contributed by atoms with E-state index in [0.29, 0.717) is 30.5 Å². The molecule has 0 atom stereocenters. The van der Waals surface area contributed by atoms with Crippen molar-refractivity contribution in [1.82, 2.24) is 15.5 Å². The van der Waals surface area contributed by atoms with Crippen LogP contribution in [-0.4, -0.2) is 50.1 Å². The number of imide groups is 1. The van der Waals surface area contributed by atoms with Gasteiger partial charge in [0.1, 0.15) is 12.4 Å². The Labute approximate surface area is 129 Å². The van der Waals surface area contributed by atoms with Gasteiger partial charge in [0.2, 0.25) is 5.91 Å². The monoisotopic (exact) mass is 313 g/mol. The van der Waals surface area contributed by atoms with Gasteiger partial charge in [-0.05, 0) is 32.2 Å². The molecule has 0 aliphatic heterocycles.